The van der Waals surface area contributed by atoms with E-state index in [1.54, 1.807) is 6.92 Å². The van der Waals surface area contributed by atoms with Gasteiger partial charge in [0.1, 0.15) is 12.3 Å². The third-order valence-electron chi connectivity index (χ3n) is 8.45. The smallest absolute Gasteiger partial charge is 0.359 e. The monoisotopic (exact) mass is 612 g/mol. The predicted octanol–water partition coefficient (Wildman–Crippen LogP) is 6.55. The van der Waals surface area contributed by atoms with Crippen molar-refractivity contribution in [3.05, 3.63) is 0 Å². The van der Waals surface area contributed by atoms with E-state index in [1.807, 2.05) is 14.1 Å². The normalized spacial score (nSPS) is 12.7. The van der Waals surface area contributed by atoms with Gasteiger partial charge in [-0.2, -0.15) is 0 Å². The molecule has 0 rings (SSSR count). The summed E-state index contributed by atoms with van der Waals surface area (Å²) < 4.78 is 1.15. The predicted molar refractivity (Wildman–Crippen MR) is 177 cm³/mol. The largest absolute Gasteiger partial charge is 0.477 e. The van der Waals surface area contributed by atoms with Crippen molar-refractivity contribution < 1.29 is 33.3 Å². The molecule has 8 heteroatoms. The van der Waals surface area contributed by atoms with Crippen molar-refractivity contribution in [2.75, 3.05) is 60.9 Å². The summed E-state index contributed by atoms with van der Waals surface area (Å²) in [5.74, 6) is 0.729. The molecule has 0 heterocycles. The summed E-state index contributed by atoms with van der Waals surface area (Å²) in [5.41, 5.74) is 0. The summed E-state index contributed by atoms with van der Waals surface area (Å²) in [5, 5.41) is 12.0. The van der Waals surface area contributed by atoms with E-state index in [0.29, 0.717) is 47.1 Å². The molecule has 0 fully saturated rings. The van der Waals surface area contributed by atoms with Crippen LogP contribution in [0.15, 0.2) is 0 Å². The average molecular weight is 612 g/mol. The molecule has 0 saturated carbocycles. The zero-order chi connectivity index (χ0) is 32.6. The third kappa shape index (κ3) is 28.7. The number of rotatable bonds is 30. The van der Waals surface area contributed by atoms with Gasteiger partial charge in [0, 0.05) is 39.2 Å². The molecular formula is C35H69N3O5+2. The van der Waals surface area contributed by atoms with Crippen LogP contribution in [0.5, 0.6) is 0 Å². The van der Waals surface area contributed by atoms with Gasteiger partial charge in [0.05, 0.1) is 41.3 Å². The topological polar surface area (TPSA) is 101 Å². The van der Waals surface area contributed by atoms with Crippen molar-refractivity contribution in [1.82, 2.24) is 5.32 Å². The molecule has 252 valence electrons. The summed E-state index contributed by atoms with van der Waals surface area (Å²) in [6.45, 7) is 7.06. The minimum absolute atomic E-state index is 0.128. The minimum atomic E-state index is -0.774. The molecular weight excluding hydrogens is 542 g/mol. The number of nitrogens with zero attached hydrogens (tertiary/aromatic N) is 2. The molecule has 1 amide bonds. The first-order chi connectivity index (χ1) is 20.2. The molecule has 43 heavy (non-hydrogen) atoms. The highest BCUT2D eigenvalue weighted by Gasteiger charge is 2.19. The van der Waals surface area contributed by atoms with Crippen LogP contribution in [0.25, 0.3) is 0 Å². The van der Waals surface area contributed by atoms with E-state index in [4.69, 9.17) is 5.11 Å². The molecule has 0 radical (unpaired) electrons. The third-order valence-corrected chi connectivity index (χ3v) is 8.45. The number of hydrogen-bond donors (Lipinski definition) is 2. The number of carbonyl (C=O) groups excluding carboxylic acids is 3. The van der Waals surface area contributed by atoms with Gasteiger partial charge in [0.25, 0.3) is 0 Å². The van der Waals surface area contributed by atoms with E-state index >= 15 is 0 Å². The Bertz CT molecular complexity index is 781. The quantitative estimate of drug-likeness (QED) is 0.0709. The lowest BCUT2D eigenvalue weighted by Gasteiger charge is -2.28. The Morgan fingerprint density at radius 1 is 0.605 bits per heavy atom. The lowest BCUT2D eigenvalue weighted by Crippen LogP contribution is -2.44. The lowest BCUT2D eigenvalue weighted by atomic mass is 9.95. The van der Waals surface area contributed by atoms with Crippen LogP contribution in [0.4, 0.5) is 0 Å². The van der Waals surface area contributed by atoms with Gasteiger partial charge >= 0.3 is 5.97 Å². The molecule has 0 aromatic rings. The summed E-state index contributed by atoms with van der Waals surface area (Å²) in [6, 6.07) is 0. The fourth-order valence-electron chi connectivity index (χ4n) is 5.91. The maximum Gasteiger partial charge on any atom is 0.359 e. The highest BCUT2D eigenvalue weighted by molar-refractivity contribution is 5.78. The Morgan fingerprint density at radius 3 is 1.58 bits per heavy atom. The van der Waals surface area contributed by atoms with Crippen LogP contribution < -0.4 is 5.32 Å². The Balaban J connectivity index is 3.51. The second-order valence-electron chi connectivity index (χ2n) is 14.5. The number of quaternary nitrogens is 2. The average Bonchev–Trinajstić information content (AvgIpc) is 2.88. The van der Waals surface area contributed by atoms with Gasteiger partial charge in [-0.05, 0) is 31.6 Å². The maximum atomic E-state index is 12.1. The first-order valence-corrected chi connectivity index (χ1v) is 17.4. The van der Waals surface area contributed by atoms with Crippen molar-refractivity contribution in [3.8, 4) is 0 Å². The van der Waals surface area contributed by atoms with Gasteiger partial charge < -0.3 is 19.4 Å². The Hall–Kier alpha value is -1.80. The van der Waals surface area contributed by atoms with Crippen LogP contribution in [0.2, 0.25) is 0 Å². The molecule has 0 aromatic carbocycles. The van der Waals surface area contributed by atoms with Crippen molar-refractivity contribution in [1.29, 1.82) is 0 Å². The van der Waals surface area contributed by atoms with Crippen LogP contribution in [0, 0.1) is 5.92 Å². The first-order valence-electron chi connectivity index (χ1n) is 17.4. The summed E-state index contributed by atoms with van der Waals surface area (Å²) in [7, 11) is 7.97. The number of amides is 1. The first kappa shape index (κ1) is 41.2. The van der Waals surface area contributed by atoms with Crippen LogP contribution >= 0.6 is 0 Å². The highest BCUT2D eigenvalue weighted by Crippen LogP contribution is 2.19. The molecule has 1 unspecified atom stereocenters. The molecule has 8 nitrogen and oxygen atoms in total. The number of ketones is 2. The van der Waals surface area contributed by atoms with Gasteiger partial charge in [-0.15, -0.1) is 0 Å². The number of carbonyl (C=O) groups is 4. The number of hydrogen-bond acceptors (Lipinski definition) is 4. The number of carboxylic acids is 1. The van der Waals surface area contributed by atoms with Crippen LogP contribution in [-0.4, -0.2) is 98.4 Å². The van der Waals surface area contributed by atoms with E-state index < -0.39 is 5.97 Å². The summed E-state index contributed by atoms with van der Waals surface area (Å²) in [4.78, 5) is 46.3. The molecule has 0 aliphatic carbocycles. The molecule has 1 atom stereocenters. The minimum Gasteiger partial charge on any atom is -0.477 e. The van der Waals surface area contributed by atoms with Gasteiger partial charge in [0.15, 0.2) is 12.3 Å². The second kappa shape index (κ2) is 24.5. The fraction of sp³-hybridized carbons (Fsp3) is 0.886. The number of aliphatic carboxylic acids is 1. The number of carboxylic acid groups (broad SMARTS) is 1. The molecule has 0 aromatic heterocycles. The van der Waals surface area contributed by atoms with Crippen molar-refractivity contribution in [2.24, 2.45) is 5.92 Å². The molecule has 0 aliphatic heterocycles. The van der Waals surface area contributed by atoms with Crippen molar-refractivity contribution in [3.63, 3.8) is 0 Å². The maximum absolute atomic E-state index is 12.1. The highest BCUT2D eigenvalue weighted by atomic mass is 16.4. The molecule has 0 saturated heterocycles. The Labute approximate surface area is 264 Å². The molecule has 0 aliphatic rings. The standard InChI is InChI=1S/C35H67N3O5/c1-31(22-15-11-9-13-17-25-34(41)36-26-20-28-37(3,4)29-32(2)39)21-14-10-7-8-12-16-23-33(40)24-18-19-27-38(5,6)30-35(42)43/h31H,7-30H2,1-6H3/p+2. The SMILES string of the molecule is CC(=O)C[N+](C)(C)CCCNC(=O)CCCCCCCC(C)CCCCCCCCC(=O)CCCC[N+](C)(C)CC(=O)O. The van der Waals surface area contributed by atoms with Gasteiger partial charge in [-0.25, -0.2) is 4.79 Å². The van der Waals surface area contributed by atoms with Crippen molar-refractivity contribution >= 4 is 23.4 Å². The molecule has 0 bridgehead atoms. The van der Waals surface area contributed by atoms with Crippen LogP contribution in [0.3, 0.4) is 0 Å². The Morgan fingerprint density at radius 2 is 1.05 bits per heavy atom. The van der Waals surface area contributed by atoms with Crippen LogP contribution in [0.1, 0.15) is 136 Å². The Kier molecular flexibility index (Phi) is 23.5. The van der Waals surface area contributed by atoms with E-state index in [-0.39, 0.29) is 18.2 Å². The summed E-state index contributed by atoms with van der Waals surface area (Å²) in [6.07, 6.45) is 20.3. The van der Waals surface area contributed by atoms with Gasteiger partial charge in [-0.1, -0.05) is 77.6 Å². The number of nitrogens with one attached hydrogen (secondary N) is 1. The van der Waals surface area contributed by atoms with E-state index in [2.05, 4.69) is 26.3 Å². The summed E-state index contributed by atoms with van der Waals surface area (Å²) >= 11 is 0. The van der Waals surface area contributed by atoms with Gasteiger partial charge in [-0.3, -0.25) is 14.4 Å². The molecule has 2 N–H and O–H groups in total. The van der Waals surface area contributed by atoms with E-state index in [1.165, 1.54) is 57.8 Å². The van der Waals surface area contributed by atoms with Gasteiger partial charge in [0.2, 0.25) is 5.91 Å². The number of unbranched alkanes of at least 4 members (excludes halogenated alkanes) is 10. The number of likely N-dealkylation sites (N-methyl/N-ethyl adjacent to an activating group) is 2. The molecule has 0 spiro atoms. The fourth-order valence-corrected chi connectivity index (χ4v) is 5.91. The van der Waals surface area contributed by atoms with Crippen LogP contribution in [-0.2, 0) is 19.2 Å². The van der Waals surface area contributed by atoms with Crippen molar-refractivity contribution in [2.45, 2.75) is 136 Å². The lowest BCUT2D eigenvalue weighted by molar-refractivity contribution is -0.883. The second-order valence-corrected chi connectivity index (χ2v) is 14.5. The number of Topliss-reactive ketones (excluding diaryl/α,β-unsaturated/α-hetero) is 2. The van der Waals surface area contributed by atoms with E-state index in [0.717, 1.165) is 64.0 Å². The van der Waals surface area contributed by atoms with E-state index in [9.17, 15) is 19.2 Å². The zero-order valence-corrected chi connectivity index (χ0v) is 29.0. The zero-order valence-electron chi connectivity index (χ0n) is 29.0.